The second kappa shape index (κ2) is 6.63. The van der Waals surface area contributed by atoms with Gasteiger partial charge < -0.3 is 11.1 Å². The van der Waals surface area contributed by atoms with Crippen LogP contribution in [0.1, 0.15) is 26.2 Å². The smallest absolute Gasteiger partial charge is 0.237 e. The molecular formula is C13H23N3O. The van der Waals surface area contributed by atoms with Gasteiger partial charge in [-0.2, -0.15) is 0 Å². The van der Waals surface area contributed by atoms with Crippen molar-refractivity contribution in [2.45, 2.75) is 38.3 Å². The first-order chi connectivity index (χ1) is 8.11. The fraction of sp³-hybridized carbons (Fsp3) is 0.769. The summed E-state index contributed by atoms with van der Waals surface area (Å²) in [6.07, 6.45) is 8.63. The van der Waals surface area contributed by atoms with E-state index in [4.69, 9.17) is 12.2 Å². The summed E-state index contributed by atoms with van der Waals surface area (Å²) in [5.41, 5.74) is 5.76. The summed E-state index contributed by atoms with van der Waals surface area (Å²) >= 11 is 0. The number of nitrogens with zero attached hydrogens (tertiary/aromatic N) is 1. The highest BCUT2D eigenvalue weighted by molar-refractivity contribution is 5.81. The molecule has 96 valence electrons. The zero-order valence-electron chi connectivity index (χ0n) is 10.8. The van der Waals surface area contributed by atoms with E-state index in [1.807, 2.05) is 14.0 Å². The number of nitrogens with one attached hydrogen (secondary N) is 1. The molecule has 1 aliphatic carbocycles. The summed E-state index contributed by atoms with van der Waals surface area (Å²) in [7, 11) is 2.00. The minimum absolute atomic E-state index is 0.00637. The maximum Gasteiger partial charge on any atom is 0.237 e. The zero-order chi connectivity index (χ0) is 12.8. The maximum atomic E-state index is 11.8. The van der Waals surface area contributed by atoms with Crippen molar-refractivity contribution in [1.29, 1.82) is 0 Å². The Kier molecular flexibility index (Phi) is 5.46. The number of carbonyl (C=O) groups excluding carboxylic acids is 1. The number of nitrogens with two attached hydrogens (primary N) is 1. The van der Waals surface area contributed by atoms with Crippen LogP contribution in [0.4, 0.5) is 0 Å². The topological polar surface area (TPSA) is 58.4 Å². The normalized spacial score (nSPS) is 25.6. The highest BCUT2D eigenvalue weighted by Crippen LogP contribution is 2.29. The van der Waals surface area contributed by atoms with Crippen molar-refractivity contribution < 1.29 is 4.79 Å². The Morgan fingerprint density at radius 3 is 2.94 bits per heavy atom. The van der Waals surface area contributed by atoms with E-state index >= 15 is 0 Å². The lowest BCUT2D eigenvalue weighted by atomic mass is 10.0. The van der Waals surface area contributed by atoms with Gasteiger partial charge in [-0.25, -0.2) is 0 Å². The molecule has 1 saturated carbocycles. The van der Waals surface area contributed by atoms with Crippen molar-refractivity contribution in [2.75, 3.05) is 20.1 Å². The number of hydrogen-bond donors (Lipinski definition) is 2. The van der Waals surface area contributed by atoms with Gasteiger partial charge >= 0.3 is 0 Å². The second-order valence-electron chi connectivity index (χ2n) is 4.76. The summed E-state index contributed by atoms with van der Waals surface area (Å²) in [6, 6.07) is 0.270. The van der Waals surface area contributed by atoms with Gasteiger partial charge in [0.05, 0.1) is 12.6 Å². The highest BCUT2D eigenvalue weighted by atomic mass is 16.2. The van der Waals surface area contributed by atoms with E-state index in [1.165, 1.54) is 12.8 Å². The van der Waals surface area contributed by atoms with Crippen LogP contribution in [-0.2, 0) is 4.79 Å². The zero-order valence-corrected chi connectivity index (χ0v) is 10.8. The third-order valence-electron chi connectivity index (χ3n) is 3.80. The van der Waals surface area contributed by atoms with E-state index in [0.717, 1.165) is 6.42 Å². The monoisotopic (exact) mass is 237 g/mol. The molecule has 17 heavy (non-hydrogen) atoms. The van der Waals surface area contributed by atoms with Crippen molar-refractivity contribution in [3.63, 3.8) is 0 Å². The molecule has 1 aliphatic rings. The molecule has 0 heterocycles. The van der Waals surface area contributed by atoms with Gasteiger partial charge in [0, 0.05) is 6.04 Å². The molecule has 3 unspecified atom stereocenters. The van der Waals surface area contributed by atoms with Crippen molar-refractivity contribution in [3.8, 4) is 12.3 Å². The third kappa shape index (κ3) is 3.45. The minimum atomic E-state index is -0.152. The van der Waals surface area contributed by atoms with Gasteiger partial charge in [-0.15, -0.1) is 6.42 Å². The molecule has 0 aromatic rings. The predicted molar refractivity (Wildman–Crippen MR) is 69.3 cm³/mol. The van der Waals surface area contributed by atoms with E-state index in [2.05, 4.69) is 16.1 Å². The first kappa shape index (κ1) is 14.0. The van der Waals surface area contributed by atoms with Gasteiger partial charge in [0.25, 0.3) is 0 Å². The molecule has 3 atom stereocenters. The summed E-state index contributed by atoms with van der Waals surface area (Å²) in [5, 5.41) is 2.72. The Morgan fingerprint density at radius 1 is 1.65 bits per heavy atom. The number of carbonyl (C=O) groups is 1. The van der Waals surface area contributed by atoms with E-state index < -0.39 is 0 Å². The SMILES string of the molecule is C#CCNC(=O)C(C)N(C)C1CCCC1CN. The number of rotatable bonds is 5. The molecule has 0 aliphatic heterocycles. The van der Waals surface area contributed by atoms with Crippen LogP contribution >= 0.6 is 0 Å². The predicted octanol–water partition coefficient (Wildman–Crippen LogP) is 0.184. The molecule has 0 spiro atoms. The number of amides is 1. The van der Waals surface area contributed by atoms with Crippen LogP contribution in [0.25, 0.3) is 0 Å². The molecule has 3 N–H and O–H groups in total. The summed E-state index contributed by atoms with van der Waals surface area (Å²) in [5.74, 6) is 2.92. The van der Waals surface area contributed by atoms with Gasteiger partial charge in [-0.05, 0) is 39.3 Å². The molecule has 0 saturated heterocycles. The summed E-state index contributed by atoms with van der Waals surface area (Å²) < 4.78 is 0. The van der Waals surface area contributed by atoms with Gasteiger partial charge in [0.2, 0.25) is 5.91 Å². The Labute approximate surface area is 104 Å². The fourth-order valence-corrected chi connectivity index (χ4v) is 2.59. The van der Waals surface area contributed by atoms with Gasteiger partial charge in [-0.3, -0.25) is 9.69 Å². The molecule has 0 radical (unpaired) electrons. The Bertz CT molecular complexity index is 298. The lowest BCUT2D eigenvalue weighted by molar-refractivity contribution is -0.126. The highest BCUT2D eigenvalue weighted by Gasteiger charge is 2.33. The molecule has 1 rings (SSSR count). The van der Waals surface area contributed by atoms with Crippen molar-refractivity contribution in [2.24, 2.45) is 11.7 Å². The largest absolute Gasteiger partial charge is 0.344 e. The van der Waals surface area contributed by atoms with Crippen LogP contribution in [-0.4, -0.2) is 43.0 Å². The van der Waals surface area contributed by atoms with Crippen LogP contribution in [0, 0.1) is 18.3 Å². The molecule has 4 nitrogen and oxygen atoms in total. The van der Waals surface area contributed by atoms with E-state index in [1.54, 1.807) is 0 Å². The summed E-state index contributed by atoms with van der Waals surface area (Å²) in [4.78, 5) is 14.0. The van der Waals surface area contributed by atoms with Gasteiger partial charge in [-0.1, -0.05) is 12.3 Å². The first-order valence-corrected chi connectivity index (χ1v) is 6.25. The van der Waals surface area contributed by atoms with Crippen molar-refractivity contribution in [3.05, 3.63) is 0 Å². The van der Waals surface area contributed by atoms with Crippen LogP contribution in [0.5, 0.6) is 0 Å². The molecule has 0 bridgehead atoms. The van der Waals surface area contributed by atoms with Crippen LogP contribution in [0.15, 0.2) is 0 Å². The Balaban J connectivity index is 2.53. The van der Waals surface area contributed by atoms with E-state index in [0.29, 0.717) is 25.0 Å². The lowest BCUT2D eigenvalue weighted by Crippen LogP contribution is -2.49. The van der Waals surface area contributed by atoms with Crippen LogP contribution in [0.2, 0.25) is 0 Å². The van der Waals surface area contributed by atoms with Gasteiger partial charge in [0.1, 0.15) is 0 Å². The molecule has 1 amide bonds. The quantitative estimate of drug-likeness (QED) is 0.671. The number of hydrogen-bond acceptors (Lipinski definition) is 3. The van der Waals surface area contributed by atoms with E-state index in [9.17, 15) is 4.79 Å². The number of likely N-dealkylation sites (N-methyl/N-ethyl adjacent to an activating group) is 1. The van der Waals surface area contributed by atoms with Crippen molar-refractivity contribution >= 4 is 5.91 Å². The maximum absolute atomic E-state index is 11.8. The molecular weight excluding hydrogens is 214 g/mol. The Morgan fingerprint density at radius 2 is 2.35 bits per heavy atom. The van der Waals surface area contributed by atoms with Crippen LogP contribution < -0.4 is 11.1 Å². The molecule has 4 heteroatoms. The average molecular weight is 237 g/mol. The minimum Gasteiger partial charge on any atom is -0.344 e. The van der Waals surface area contributed by atoms with Crippen molar-refractivity contribution in [1.82, 2.24) is 10.2 Å². The fourth-order valence-electron chi connectivity index (χ4n) is 2.59. The third-order valence-corrected chi connectivity index (χ3v) is 3.80. The van der Waals surface area contributed by atoms with Crippen LogP contribution in [0.3, 0.4) is 0 Å². The van der Waals surface area contributed by atoms with E-state index in [-0.39, 0.29) is 11.9 Å². The summed E-state index contributed by atoms with van der Waals surface area (Å²) in [6.45, 7) is 2.91. The average Bonchev–Trinajstić information content (AvgIpc) is 2.82. The van der Waals surface area contributed by atoms with Gasteiger partial charge in [0.15, 0.2) is 0 Å². The second-order valence-corrected chi connectivity index (χ2v) is 4.76. The standard InChI is InChI=1S/C13H23N3O/c1-4-8-15-13(17)10(2)16(3)12-7-5-6-11(12)9-14/h1,10-12H,5-9,14H2,2-3H3,(H,15,17). The Hall–Kier alpha value is -1.05. The molecule has 1 fully saturated rings. The molecule has 0 aromatic carbocycles. The first-order valence-electron chi connectivity index (χ1n) is 6.25. The molecule has 0 aromatic heterocycles. The lowest BCUT2D eigenvalue weighted by Gasteiger charge is -2.33. The number of terminal acetylenes is 1.